The van der Waals surface area contributed by atoms with E-state index in [0.717, 1.165) is 25.7 Å². The summed E-state index contributed by atoms with van der Waals surface area (Å²) < 4.78 is 0. The van der Waals surface area contributed by atoms with Crippen LogP contribution in [0.5, 0.6) is 0 Å². The molecule has 6 nitrogen and oxygen atoms in total. The Hall–Kier alpha value is -1.50. The van der Waals surface area contributed by atoms with E-state index in [1.807, 2.05) is 9.80 Å². The highest BCUT2D eigenvalue weighted by Crippen LogP contribution is 2.52. The fraction of sp³-hybridized carbons (Fsp3) is 0.857. The first-order valence-corrected chi connectivity index (χ1v) is 7.53. The Morgan fingerprint density at radius 1 is 0.700 bits per heavy atom. The van der Waals surface area contributed by atoms with Gasteiger partial charge in [-0.2, -0.15) is 10.5 Å². The van der Waals surface area contributed by atoms with Crippen molar-refractivity contribution in [1.82, 2.24) is 9.80 Å². The molecule has 8 unspecified atom stereocenters. The topological polar surface area (TPSA) is 106 Å². The Bertz CT molecular complexity index is 461. The van der Waals surface area contributed by atoms with E-state index in [0.29, 0.717) is 23.9 Å². The average Bonchev–Trinajstić information content (AvgIpc) is 3.12. The molecule has 4 saturated heterocycles. The van der Waals surface area contributed by atoms with Crippen molar-refractivity contribution in [3.05, 3.63) is 0 Å². The average molecular weight is 272 g/mol. The van der Waals surface area contributed by atoms with Gasteiger partial charge < -0.3 is 21.3 Å². The van der Waals surface area contributed by atoms with Crippen LogP contribution in [0.25, 0.3) is 0 Å². The summed E-state index contributed by atoms with van der Waals surface area (Å²) in [5.74, 6) is 1.02. The summed E-state index contributed by atoms with van der Waals surface area (Å²) in [6.07, 6.45) is 8.56. The lowest BCUT2D eigenvalue weighted by Gasteiger charge is -2.33. The molecule has 0 aliphatic carbocycles. The van der Waals surface area contributed by atoms with Gasteiger partial charge in [0.1, 0.15) is 0 Å². The smallest absolute Gasteiger partial charge is 0.179 e. The number of nitrogens with zero attached hydrogens (tertiary/aromatic N) is 4. The van der Waals surface area contributed by atoms with E-state index in [-0.39, 0.29) is 24.2 Å². The summed E-state index contributed by atoms with van der Waals surface area (Å²) in [4.78, 5) is 3.86. The van der Waals surface area contributed by atoms with Crippen LogP contribution >= 0.6 is 0 Å². The van der Waals surface area contributed by atoms with Crippen molar-refractivity contribution >= 4 is 0 Å². The molecule has 0 radical (unpaired) electrons. The van der Waals surface area contributed by atoms with E-state index in [1.165, 1.54) is 0 Å². The minimum atomic E-state index is 0.142. The molecule has 4 aliphatic rings. The Morgan fingerprint density at radius 3 is 1.40 bits per heavy atom. The van der Waals surface area contributed by atoms with Gasteiger partial charge >= 0.3 is 0 Å². The van der Waals surface area contributed by atoms with Gasteiger partial charge in [0, 0.05) is 24.2 Å². The SMILES string of the molecule is N#CN1C2CC(C3CC4C(N)CC3N4C#N)C1CC2N. The van der Waals surface area contributed by atoms with Crippen molar-refractivity contribution < 1.29 is 0 Å². The van der Waals surface area contributed by atoms with Gasteiger partial charge in [-0.1, -0.05) is 0 Å². The zero-order valence-electron chi connectivity index (χ0n) is 11.4. The first-order chi connectivity index (χ1) is 9.65. The Kier molecular flexibility index (Phi) is 2.45. The lowest BCUT2D eigenvalue weighted by Crippen LogP contribution is -2.42. The summed E-state index contributed by atoms with van der Waals surface area (Å²) in [6, 6.07) is 1.31. The van der Waals surface area contributed by atoms with Crippen LogP contribution in [0.15, 0.2) is 0 Å². The summed E-state index contributed by atoms with van der Waals surface area (Å²) in [5.41, 5.74) is 12.2. The van der Waals surface area contributed by atoms with Crippen molar-refractivity contribution in [1.29, 1.82) is 10.5 Å². The zero-order chi connectivity index (χ0) is 14.0. The fourth-order valence-corrected chi connectivity index (χ4v) is 5.43. The van der Waals surface area contributed by atoms with E-state index in [2.05, 4.69) is 12.4 Å². The molecule has 0 amide bonds. The highest BCUT2D eigenvalue weighted by atomic mass is 15.3. The summed E-state index contributed by atoms with van der Waals surface area (Å²) in [7, 11) is 0. The Balaban J connectivity index is 1.57. The van der Waals surface area contributed by atoms with Gasteiger partial charge in [-0.3, -0.25) is 0 Å². The van der Waals surface area contributed by atoms with Gasteiger partial charge in [0.05, 0.1) is 12.1 Å². The monoisotopic (exact) mass is 272 g/mol. The molecule has 4 bridgehead atoms. The van der Waals surface area contributed by atoms with Crippen LogP contribution in [-0.2, 0) is 0 Å². The standard InChI is InChI=1S/C14H20N6/c15-5-19-11-3-9(17)13(19)1-7(11)8-2-14-10(18)4-12(8)20(14)6-16/h7-14H,1-4,17-18H2. The van der Waals surface area contributed by atoms with Crippen LogP contribution in [0.1, 0.15) is 25.7 Å². The molecular weight excluding hydrogens is 252 g/mol. The van der Waals surface area contributed by atoms with Crippen LogP contribution in [0.2, 0.25) is 0 Å². The largest absolute Gasteiger partial charge is 0.326 e. The van der Waals surface area contributed by atoms with Crippen molar-refractivity contribution in [2.24, 2.45) is 23.3 Å². The molecule has 4 aliphatic heterocycles. The number of nitriles is 2. The molecule has 4 fully saturated rings. The number of hydrogen-bond acceptors (Lipinski definition) is 6. The maximum Gasteiger partial charge on any atom is 0.179 e. The second-order valence-electron chi connectivity index (χ2n) is 6.88. The van der Waals surface area contributed by atoms with E-state index < -0.39 is 0 Å². The second-order valence-corrected chi connectivity index (χ2v) is 6.88. The van der Waals surface area contributed by atoms with Crippen LogP contribution < -0.4 is 11.5 Å². The molecule has 0 aromatic heterocycles. The molecule has 20 heavy (non-hydrogen) atoms. The van der Waals surface area contributed by atoms with E-state index in [1.54, 1.807) is 0 Å². The molecule has 0 saturated carbocycles. The molecule has 4 heterocycles. The Labute approximate surface area is 118 Å². The molecule has 8 atom stereocenters. The van der Waals surface area contributed by atoms with Crippen LogP contribution in [0.3, 0.4) is 0 Å². The van der Waals surface area contributed by atoms with Gasteiger partial charge in [-0.25, -0.2) is 0 Å². The molecule has 0 aromatic rings. The molecule has 6 heteroatoms. The highest BCUT2D eigenvalue weighted by molar-refractivity contribution is 5.18. The first kappa shape index (κ1) is 12.3. The lowest BCUT2D eigenvalue weighted by molar-refractivity contribution is 0.196. The maximum absolute atomic E-state index is 9.33. The van der Waals surface area contributed by atoms with Gasteiger partial charge in [0.2, 0.25) is 0 Å². The second kappa shape index (κ2) is 4.00. The first-order valence-electron chi connectivity index (χ1n) is 7.53. The Morgan fingerprint density at radius 2 is 1.10 bits per heavy atom. The molecule has 106 valence electrons. The van der Waals surface area contributed by atoms with Gasteiger partial charge in [-0.15, -0.1) is 0 Å². The van der Waals surface area contributed by atoms with Crippen LogP contribution in [0, 0.1) is 34.7 Å². The van der Waals surface area contributed by atoms with Crippen LogP contribution in [0.4, 0.5) is 0 Å². The summed E-state index contributed by atoms with van der Waals surface area (Å²) >= 11 is 0. The number of rotatable bonds is 1. The van der Waals surface area contributed by atoms with Crippen molar-refractivity contribution in [3.63, 3.8) is 0 Å². The van der Waals surface area contributed by atoms with Gasteiger partial charge in [0.15, 0.2) is 12.4 Å². The van der Waals surface area contributed by atoms with Gasteiger partial charge in [0.25, 0.3) is 0 Å². The molecule has 4 rings (SSSR count). The predicted octanol–water partition coefficient (Wildman–Crippen LogP) is -0.471. The normalized spacial score (nSPS) is 52.4. The zero-order valence-corrected chi connectivity index (χ0v) is 11.4. The predicted molar refractivity (Wildman–Crippen MR) is 71.5 cm³/mol. The lowest BCUT2D eigenvalue weighted by atomic mass is 9.71. The third-order valence-corrected chi connectivity index (χ3v) is 6.24. The third-order valence-electron chi connectivity index (χ3n) is 6.24. The minimum absolute atomic E-state index is 0.142. The number of fused-ring (bicyclic) bond motifs is 4. The van der Waals surface area contributed by atoms with Crippen LogP contribution in [-0.4, -0.2) is 46.1 Å². The van der Waals surface area contributed by atoms with Crippen molar-refractivity contribution in [2.75, 3.05) is 0 Å². The fourth-order valence-electron chi connectivity index (χ4n) is 5.43. The molecule has 0 spiro atoms. The molecule has 4 N–H and O–H groups in total. The third kappa shape index (κ3) is 1.33. The minimum Gasteiger partial charge on any atom is -0.326 e. The van der Waals surface area contributed by atoms with E-state index >= 15 is 0 Å². The summed E-state index contributed by atoms with van der Waals surface area (Å²) in [5, 5.41) is 18.7. The van der Waals surface area contributed by atoms with Crippen molar-refractivity contribution in [3.8, 4) is 12.4 Å². The molecule has 0 aromatic carbocycles. The van der Waals surface area contributed by atoms with E-state index in [9.17, 15) is 10.5 Å². The number of hydrogen-bond donors (Lipinski definition) is 2. The highest BCUT2D eigenvalue weighted by Gasteiger charge is 2.59. The summed E-state index contributed by atoms with van der Waals surface area (Å²) in [6.45, 7) is 0. The maximum atomic E-state index is 9.33. The van der Waals surface area contributed by atoms with E-state index in [4.69, 9.17) is 11.5 Å². The molecular formula is C14H20N6. The number of nitrogens with two attached hydrogens (primary N) is 2. The van der Waals surface area contributed by atoms with Crippen molar-refractivity contribution in [2.45, 2.75) is 61.9 Å². The quantitative estimate of drug-likeness (QED) is 0.625. The van der Waals surface area contributed by atoms with Gasteiger partial charge in [-0.05, 0) is 37.5 Å².